The number of nitrogens with zero attached hydrogens (tertiary/aromatic N) is 4. The van der Waals surface area contributed by atoms with Crippen molar-refractivity contribution in [2.45, 2.75) is 37.7 Å². The number of hydrogen-bond acceptors (Lipinski definition) is 5. The Morgan fingerprint density at radius 3 is 2.91 bits per heavy atom. The highest BCUT2D eigenvalue weighted by molar-refractivity contribution is 7.98. The largest absolute Gasteiger partial charge is 0.339 e. The van der Waals surface area contributed by atoms with Gasteiger partial charge in [0.2, 0.25) is 5.89 Å². The maximum absolute atomic E-state index is 5.28. The topological polar surface area (TPSA) is 56.7 Å². The molecule has 3 rings (SSSR count). The fraction of sp³-hybridized carbons (Fsp3) is 0.353. The summed E-state index contributed by atoms with van der Waals surface area (Å²) in [7, 11) is 0. The first-order chi connectivity index (χ1) is 11.2. The van der Waals surface area contributed by atoms with Gasteiger partial charge in [0, 0.05) is 13.0 Å². The lowest BCUT2D eigenvalue weighted by molar-refractivity contribution is 0.360. The molecule has 23 heavy (non-hydrogen) atoms. The van der Waals surface area contributed by atoms with Crippen molar-refractivity contribution in [3.63, 3.8) is 0 Å². The third-order valence-corrected chi connectivity index (χ3v) is 4.33. The van der Waals surface area contributed by atoms with E-state index in [1.54, 1.807) is 11.8 Å². The van der Waals surface area contributed by atoms with Crippen molar-refractivity contribution in [1.29, 1.82) is 0 Å². The second-order valence-corrected chi connectivity index (χ2v) is 6.72. The van der Waals surface area contributed by atoms with Crippen LogP contribution in [0.15, 0.2) is 46.6 Å². The van der Waals surface area contributed by atoms with Gasteiger partial charge in [-0.3, -0.25) is 0 Å². The summed E-state index contributed by atoms with van der Waals surface area (Å²) in [6, 6.07) is 8.12. The Labute approximate surface area is 139 Å². The van der Waals surface area contributed by atoms with Gasteiger partial charge in [-0.25, -0.2) is 4.98 Å². The molecule has 0 aliphatic rings. The SMILES string of the molecule is C=CCn1c(SCc2noc(CC(C)C)n2)nc2ccccc21. The molecule has 0 fully saturated rings. The van der Waals surface area contributed by atoms with Crippen LogP contribution in [-0.2, 0) is 18.7 Å². The minimum atomic E-state index is 0.507. The van der Waals surface area contributed by atoms with E-state index in [-0.39, 0.29) is 0 Å². The van der Waals surface area contributed by atoms with E-state index in [1.807, 2.05) is 24.3 Å². The number of hydrogen-bond donors (Lipinski definition) is 0. The van der Waals surface area contributed by atoms with Crippen LogP contribution in [0.4, 0.5) is 0 Å². The zero-order chi connectivity index (χ0) is 16.2. The zero-order valence-electron chi connectivity index (χ0n) is 13.4. The first-order valence-electron chi connectivity index (χ1n) is 7.67. The number of imidazole rings is 1. The van der Waals surface area contributed by atoms with Crippen molar-refractivity contribution in [2.24, 2.45) is 5.92 Å². The summed E-state index contributed by atoms with van der Waals surface area (Å²) in [6.45, 7) is 8.84. The lowest BCUT2D eigenvalue weighted by atomic mass is 10.1. The van der Waals surface area contributed by atoms with Gasteiger partial charge < -0.3 is 9.09 Å². The summed E-state index contributed by atoms with van der Waals surface area (Å²) in [6.07, 6.45) is 2.69. The molecule has 0 saturated heterocycles. The average Bonchev–Trinajstić information content (AvgIpc) is 3.10. The van der Waals surface area contributed by atoms with E-state index in [1.165, 1.54) is 0 Å². The van der Waals surface area contributed by atoms with Gasteiger partial charge in [0.25, 0.3) is 0 Å². The summed E-state index contributed by atoms with van der Waals surface area (Å²) >= 11 is 1.62. The number of aromatic nitrogens is 4. The van der Waals surface area contributed by atoms with Crippen molar-refractivity contribution < 1.29 is 4.52 Å². The van der Waals surface area contributed by atoms with E-state index >= 15 is 0 Å². The molecule has 0 unspecified atom stereocenters. The monoisotopic (exact) mass is 328 g/mol. The van der Waals surface area contributed by atoms with E-state index in [9.17, 15) is 0 Å². The third-order valence-electron chi connectivity index (χ3n) is 3.35. The quantitative estimate of drug-likeness (QED) is 0.483. The van der Waals surface area contributed by atoms with Crippen molar-refractivity contribution >= 4 is 22.8 Å². The minimum Gasteiger partial charge on any atom is -0.339 e. The number of thioether (sulfide) groups is 1. The second-order valence-electron chi connectivity index (χ2n) is 5.77. The molecule has 1 aromatic carbocycles. The number of fused-ring (bicyclic) bond motifs is 1. The highest BCUT2D eigenvalue weighted by atomic mass is 32.2. The molecule has 120 valence electrons. The molecule has 0 spiro atoms. The van der Waals surface area contributed by atoms with Gasteiger partial charge in [-0.05, 0) is 18.1 Å². The molecule has 0 amide bonds. The molecular formula is C17H20N4OS. The highest BCUT2D eigenvalue weighted by Crippen LogP contribution is 2.26. The smallest absolute Gasteiger partial charge is 0.226 e. The molecule has 0 saturated carbocycles. The molecule has 6 heteroatoms. The van der Waals surface area contributed by atoms with Crippen molar-refractivity contribution in [3.05, 3.63) is 48.6 Å². The van der Waals surface area contributed by atoms with E-state index in [0.717, 1.165) is 29.2 Å². The maximum atomic E-state index is 5.28. The van der Waals surface area contributed by atoms with Crippen molar-refractivity contribution in [1.82, 2.24) is 19.7 Å². The Hall–Kier alpha value is -2.08. The van der Waals surface area contributed by atoms with Crippen LogP contribution in [-0.4, -0.2) is 19.7 Å². The molecule has 2 heterocycles. The first kappa shape index (κ1) is 15.8. The van der Waals surface area contributed by atoms with Gasteiger partial charge >= 0.3 is 0 Å². The van der Waals surface area contributed by atoms with Gasteiger partial charge in [0.05, 0.1) is 16.8 Å². The fourth-order valence-corrected chi connectivity index (χ4v) is 3.25. The molecule has 0 radical (unpaired) electrons. The van der Waals surface area contributed by atoms with Crippen LogP contribution in [0.25, 0.3) is 11.0 Å². The molecule has 5 nitrogen and oxygen atoms in total. The highest BCUT2D eigenvalue weighted by Gasteiger charge is 2.13. The molecular weight excluding hydrogens is 308 g/mol. The first-order valence-corrected chi connectivity index (χ1v) is 8.66. The molecule has 0 atom stereocenters. The van der Waals surface area contributed by atoms with Crippen LogP contribution in [0.1, 0.15) is 25.6 Å². The Kier molecular flexibility index (Phi) is 4.81. The number of rotatable bonds is 7. The van der Waals surface area contributed by atoms with Gasteiger partial charge in [-0.15, -0.1) is 6.58 Å². The fourth-order valence-electron chi connectivity index (χ4n) is 2.38. The van der Waals surface area contributed by atoms with Crippen molar-refractivity contribution in [2.75, 3.05) is 0 Å². The van der Waals surface area contributed by atoms with Crippen LogP contribution in [0.2, 0.25) is 0 Å². The molecule has 0 N–H and O–H groups in total. The van der Waals surface area contributed by atoms with Crippen LogP contribution >= 0.6 is 11.8 Å². The van der Waals surface area contributed by atoms with E-state index < -0.39 is 0 Å². The Morgan fingerprint density at radius 1 is 1.30 bits per heavy atom. The number of para-hydroxylation sites is 2. The summed E-state index contributed by atoms with van der Waals surface area (Å²) in [5.41, 5.74) is 2.11. The second kappa shape index (κ2) is 7.00. The van der Waals surface area contributed by atoms with Gasteiger partial charge in [0.15, 0.2) is 11.0 Å². The summed E-state index contributed by atoms with van der Waals surface area (Å²) < 4.78 is 7.44. The lowest BCUT2D eigenvalue weighted by Crippen LogP contribution is -1.98. The van der Waals surface area contributed by atoms with Crippen molar-refractivity contribution in [3.8, 4) is 0 Å². The average molecular weight is 328 g/mol. The lowest BCUT2D eigenvalue weighted by Gasteiger charge is -2.04. The predicted molar refractivity (Wildman–Crippen MR) is 92.3 cm³/mol. The molecule has 2 aromatic heterocycles. The summed E-state index contributed by atoms with van der Waals surface area (Å²) in [5, 5.41) is 5.00. The summed E-state index contributed by atoms with van der Waals surface area (Å²) in [5.74, 6) is 2.56. The molecule has 3 aromatic rings. The van der Waals surface area contributed by atoms with E-state index in [0.29, 0.717) is 23.4 Å². The maximum Gasteiger partial charge on any atom is 0.226 e. The summed E-state index contributed by atoms with van der Waals surface area (Å²) in [4.78, 5) is 9.13. The van der Waals surface area contributed by atoms with Crippen LogP contribution in [0.3, 0.4) is 0 Å². The van der Waals surface area contributed by atoms with Gasteiger partial charge in [0.1, 0.15) is 0 Å². The van der Waals surface area contributed by atoms with Crippen LogP contribution < -0.4 is 0 Å². The molecule has 0 aliphatic carbocycles. The normalized spacial score (nSPS) is 11.4. The van der Waals surface area contributed by atoms with E-state index in [4.69, 9.17) is 9.51 Å². The minimum absolute atomic E-state index is 0.507. The number of allylic oxidation sites excluding steroid dienone is 1. The van der Waals surface area contributed by atoms with Gasteiger partial charge in [-0.2, -0.15) is 4.98 Å². The third kappa shape index (κ3) is 3.64. The van der Waals surface area contributed by atoms with Crippen LogP contribution in [0.5, 0.6) is 0 Å². The van der Waals surface area contributed by atoms with Gasteiger partial charge in [-0.1, -0.05) is 49.0 Å². The Bertz CT molecular complexity index is 806. The zero-order valence-corrected chi connectivity index (χ0v) is 14.2. The molecule has 0 aliphatic heterocycles. The Balaban J connectivity index is 1.77. The van der Waals surface area contributed by atoms with E-state index in [2.05, 4.69) is 41.2 Å². The standard InChI is InChI=1S/C17H20N4OS/c1-4-9-21-14-8-6-5-7-13(14)18-17(21)23-11-15-19-16(22-20-15)10-12(2)3/h4-8,12H,1,9-11H2,2-3H3. The number of benzene rings is 1. The molecule has 0 bridgehead atoms. The Morgan fingerprint density at radius 2 is 2.13 bits per heavy atom. The van der Waals surface area contributed by atoms with Crippen LogP contribution in [0, 0.1) is 5.92 Å². The predicted octanol–water partition coefficient (Wildman–Crippen LogP) is 4.10.